The van der Waals surface area contributed by atoms with Crippen molar-refractivity contribution in [1.82, 2.24) is 0 Å². The van der Waals surface area contributed by atoms with Gasteiger partial charge in [-0.3, -0.25) is 0 Å². The number of hydrogen-bond acceptors (Lipinski definition) is 3. The van der Waals surface area contributed by atoms with Crippen LogP contribution < -0.4 is 10.4 Å². The maximum absolute atomic E-state index is 11.2. The van der Waals surface area contributed by atoms with Crippen molar-refractivity contribution >= 4 is 11.0 Å². The second-order valence-corrected chi connectivity index (χ2v) is 4.37. The number of benzene rings is 2. The number of rotatable bonds is 2. The maximum atomic E-state index is 11.2. The summed E-state index contributed by atoms with van der Waals surface area (Å²) < 4.78 is 10.8. The van der Waals surface area contributed by atoms with Gasteiger partial charge in [0.2, 0.25) is 0 Å². The average Bonchev–Trinajstić information content (AvgIpc) is 2.51. The van der Waals surface area contributed by atoms with Crippen LogP contribution in [-0.2, 0) is 0 Å². The molecule has 0 aliphatic heterocycles. The number of hydrogen-bond donors (Lipinski definition) is 0. The van der Waals surface area contributed by atoms with Crippen molar-refractivity contribution < 1.29 is 9.15 Å². The molecular formula is C18H18O3. The van der Waals surface area contributed by atoms with Crippen LogP contribution in [-0.4, -0.2) is 0 Å². The van der Waals surface area contributed by atoms with E-state index >= 15 is 0 Å². The summed E-state index contributed by atoms with van der Waals surface area (Å²) >= 11 is 0. The molecule has 0 N–H and O–H groups in total. The van der Waals surface area contributed by atoms with Gasteiger partial charge in [-0.15, -0.1) is 0 Å². The zero-order valence-electron chi connectivity index (χ0n) is 12.4. The molecule has 0 aliphatic carbocycles. The summed E-state index contributed by atoms with van der Waals surface area (Å²) in [4.78, 5) is 11.2. The molecule has 1 aromatic heterocycles. The molecule has 3 aromatic rings. The third kappa shape index (κ3) is 3.72. The van der Waals surface area contributed by atoms with E-state index < -0.39 is 0 Å². The van der Waals surface area contributed by atoms with Gasteiger partial charge in [-0.25, -0.2) is 4.79 Å². The second kappa shape index (κ2) is 6.75. The average molecular weight is 282 g/mol. The maximum Gasteiger partial charge on any atom is 0.336 e. The van der Waals surface area contributed by atoms with Crippen LogP contribution in [0.3, 0.4) is 0 Å². The summed E-state index contributed by atoms with van der Waals surface area (Å²) in [6.07, 6.45) is 0. The van der Waals surface area contributed by atoms with Crippen molar-refractivity contribution in [2.45, 2.75) is 20.8 Å². The molecule has 0 spiro atoms. The minimum atomic E-state index is -0.361. The standard InChI is InChI=1S/C16H12O3.C2H6/c1-11-2-6-13(7-3-11)18-14-8-4-12-5-9-16(17)19-15(12)10-14;1-2/h2-10H,1H3;1-2H3. The highest BCUT2D eigenvalue weighted by molar-refractivity contribution is 5.77. The lowest BCUT2D eigenvalue weighted by molar-refractivity contribution is 0.480. The summed E-state index contributed by atoms with van der Waals surface area (Å²) in [5.74, 6) is 1.40. The second-order valence-electron chi connectivity index (χ2n) is 4.37. The fourth-order valence-electron chi connectivity index (χ4n) is 1.85. The zero-order valence-corrected chi connectivity index (χ0v) is 12.4. The van der Waals surface area contributed by atoms with E-state index in [0.717, 1.165) is 11.1 Å². The molecule has 0 radical (unpaired) electrons. The Morgan fingerprint density at radius 2 is 1.48 bits per heavy atom. The molecule has 0 fully saturated rings. The van der Waals surface area contributed by atoms with E-state index in [9.17, 15) is 4.79 Å². The first-order chi connectivity index (χ1) is 10.2. The number of ether oxygens (including phenoxy) is 1. The molecule has 0 aliphatic rings. The van der Waals surface area contributed by atoms with E-state index in [4.69, 9.17) is 9.15 Å². The number of aryl methyl sites for hydroxylation is 1. The fourth-order valence-corrected chi connectivity index (χ4v) is 1.85. The minimum absolute atomic E-state index is 0.361. The molecule has 0 saturated heterocycles. The molecular weight excluding hydrogens is 264 g/mol. The summed E-state index contributed by atoms with van der Waals surface area (Å²) in [5.41, 5.74) is 1.34. The Labute approximate surface area is 123 Å². The molecule has 0 bridgehead atoms. The van der Waals surface area contributed by atoms with Crippen LogP contribution in [0.5, 0.6) is 11.5 Å². The van der Waals surface area contributed by atoms with Crippen LogP contribution >= 0.6 is 0 Å². The SMILES string of the molecule is CC.Cc1ccc(Oc2ccc3ccc(=O)oc3c2)cc1. The van der Waals surface area contributed by atoms with Crippen LogP contribution in [0.25, 0.3) is 11.0 Å². The largest absolute Gasteiger partial charge is 0.457 e. The van der Waals surface area contributed by atoms with Crippen LogP contribution in [0.4, 0.5) is 0 Å². The Bertz CT molecular complexity index is 770. The summed E-state index contributed by atoms with van der Waals surface area (Å²) in [7, 11) is 0. The molecule has 1 heterocycles. The number of fused-ring (bicyclic) bond motifs is 1. The van der Waals surface area contributed by atoms with Crippen molar-refractivity contribution in [2.24, 2.45) is 0 Å². The van der Waals surface area contributed by atoms with E-state index in [1.807, 2.05) is 57.2 Å². The van der Waals surface area contributed by atoms with Gasteiger partial charge in [-0.1, -0.05) is 31.5 Å². The van der Waals surface area contributed by atoms with Gasteiger partial charge in [-0.05, 0) is 37.3 Å². The third-order valence-corrected chi connectivity index (χ3v) is 2.85. The van der Waals surface area contributed by atoms with E-state index in [0.29, 0.717) is 11.3 Å². The first-order valence-electron chi connectivity index (χ1n) is 6.99. The Balaban J connectivity index is 0.000000774. The van der Waals surface area contributed by atoms with Crippen LogP contribution in [0.1, 0.15) is 19.4 Å². The Morgan fingerprint density at radius 3 is 2.19 bits per heavy atom. The van der Waals surface area contributed by atoms with Gasteiger partial charge in [0, 0.05) is 17.5 Å². The zero-order chi connectivity index (χ0) is 15.2. The van der Waals surface area contributed by atoms with Crippen LogP contribution in [0.15, 0.2) is 63.8 Å². The molecule has 0 amide bonds. The molecule has 3 heteroatoms. The quantitative estimate of drug-likeness (QED) is 0.626. The van der Waals surface area contributed by atoms with Gasteiger partial charge in [0.05, 0.1) is 0 Å². The van der Waals surface area contributed by atoms with Gasteiger partial charge in [0.25, 0.3) is 0 Å². The molecule has 108 valence electrons. The van der Waals surface area contributed by atoms with E-state index in [2.05, 4.69) is 0 Å². The molecule has 0 saturated carbocycles. The lowest BCUT2D eigenvalue weighted by Crippen LogP contribution is -1.94. The normalized spacial score (nSPS) is 9.86. The lowest BCUT2D eigenvalue weighted by Gasteiger charge is -2.06. The third-order valence-electron chi connectivity index (χ3n) is 2.85. The van der Waals surface area contributed by atoms with Gasteiger partial charge in [-0.2, -0.15) is 0 Å². The molecule has 0 atom stereocenters. The highest BCUT2D eigenvalue weighted by atomic mass is 16.5. The lowest BCUT2D eigenvalue weighted by atomic mass is 10.2. The predicted molar refractivity (Wildman–Crippen MR) is 85.1 cm³/mol. The molecule has 3 nitrogen and oxygen atoms in total. The van der Waals surface area contributed by atoms with Crippen LogP contribution in [0.2, 0.25) is 0 Å². The van der Waals surface area contributed by atoms with Crippen molar-refractivity contribution in [3.63, 3.8) is 0 Å². The van der Waals surface area contributed by atoms with Crippen molar-refractivity contribution in [1.29, 1.82) is 0 Å². The van der Waals surface area contributed by atoms with E-state index in [1.165, 1.54) is 11.6 Å². The first kappa shape index (κ1) is 14.9. The Hall–Kier alpha value is -2.55. The molecule has 3 rings (SSSR count). The molecule has 21 heavy (non-hydrogen) atoms. The topological polar surface area (TPSA) is 39.4 Å². The van der Waals surface area contributed by atoms with Gasteiger partial charge >= 0.3 is 5.63 Å². The minimum Gasteiger partial charge on any atom is -0.457 e. The first-order valence-corrected chi connectivity index (χ1v) is 6.99. The van der Waals surface area contributed by atoms with Gasteiger partial charge in [0.15, 0.2) is 0 Å². The van der Waals surface area contributed by atoms with Crippen molar-refractivity contribution in [2.75, 3.05) is 0 Å². The van der Waals surface area contributed by atoms with Gasteiger partial charge in [0.1, 0.15) is 17.1 Å². The van der Waals surface area contributed by atoms with Crippen molar-refractivity contribution in [3.05, 3.63) is 70.6 Å². The Morgan fingerprint density at radius 1 is 0.857 bits per heavy atom. The van der Waals surface area contributed by atoms with E-state index in [1.54, 1.807) is 12.1 Å². The van der Waals surface area contributed by atoms with Gasteiger partial charge < -0.3 is 9.15 Å². The monoisotopic (exact) mass is 282 g/mol. The predicted octanol–water partition coefficient (Wildman–Crippen LogP) is 4.92. The fraction of sp³-hybridized carbons (Fsp3) is 0.167. The van der Waals surface area contributed by atoms with Crippen molar-refractivity contribution in [3.8, 4) is 11.5 Å². The summed E-state index contributed by atoms with van der Waals surface area (Å²) in [5, 5.41) is 0.871. The molecule has 0 unspecified atom stereocenters. The molecule has 2 aromatic carbocycles. The van der Waals surface area contributed by atoms with Crippen LogP contribution in [0, 0.1) is 6.92 Å². The summed E-state index contributed by atoms with van der Waals surface area (Å²) in [6, 6.07) is 16.3. The summed E-state index contributed by atoms with van der Waals surface area (Å²) in [6.45, 7) is 6.02. The smallest absolute Gasteiger partial charge is 0.336 e. The highest BCUT2D eigenvalue weighted by Gasteiger charge is 2.01. The Kier molecular flexibility index (Phi) is 4.77. The van der Waals surface area contributed by atoms with E-state index in [-0.39, 0.29) is 5.63 Å². The highest BCUT2D eigenvalue weighted by Crippen LogP contribution is 2.25.